The molecule has 0 aliphatic carbocycles. The highest BCUT2D eigenvalue weighted by Gasteiger charge is 2.21. The normalized spacial score (nSPS) is 18.7. The molecule has 4 heteroatoms. The first-order valence-electron chi connectivity index (χ1n) is 5.12. The maximum absolute atomic E-state index is 5.37. The molecule has 2 heterocycles. The van der Waals surface area contributed by atoms with E-state index >= 15 is 0 Å². The van der Waals surface area contributed by atoms with E-state index < -0.39 is 0 Å². The van der Waals surface area contributed by atoms with Gasteiger partial charge in [-0.15, -0.1) is 0 Å². The third-order valence-electron chi connectivity index (χ3n) is 2.74. The van der Waals surface area contributed by atoms with Crippen LogP contribution in [-0.4, -0.2) is 23.0 Å². The smallest absolute Gasteiger partial charge is 0.0635 e. The van der Waals surface area contributed by atoms with E-state index in [4.69, 9.17) is 4.74 Å². The molecule has 0 bridgehead atoms. The highest BCUT2D eigenvalue weighted by atomic mass is 79.9. The van der Waals surface area contributed by atoms with Gasteiger partial charge in [-0.2, -0.15) is 5.10 Å². The lowest BCUT2D eigenvalue weighted by Crippen LogP contribution is -2.17. The van der Waals surface area contributed by atoms with Crippen molar-refractivity contribution in [3.8, 4) is 0 Å². The monoisotopic (exact) mass is 258 g/mol. The van der Waals surface area contributed by atoms with Gasteiger partial charge >= 0.3 is 0 Å². The first-order chi connectivity index (χ1) is 6.83. The number of aromatic nitrogens is 2. The second-order valence-electron chi connectivity index (χ2n) is 3.58. The fraction of sp³-hybridized carbons (Fsp3) is 0.700. The SMILES string of the molecule is CCn1ncc(Br)c1C1CCOCC1. The van der Waals surface area contributed by atoms with Crippen LogP contribution in [0.2, 0.25) is 0 Å². The van der Waals surface area contributed by atoms with Crippen molar-refractivity contribution in [2.24, 2.45) is 0 Å². The summed E-state index contributed by atoms with van der Waals surface area (Å²) in [5.74, 6) is 0.612. The third kappa shape index (κ3) is 1.86. The second-order valence-corrected chi connectivity index (χ2v) is 4.43. The molecule has 0 atom stereocenters. The molecule has 1 aliphatic rings. The molecule has 1 fully saturated rings. The second kappa shape index (κ2) is 4.45. The zero-order valence-corrected chi connectivity index (χ0v) is 9.96. The van der Waals surface area contributed by atoms with Crippen LogP contribution in [0.15, 0.2) is 10.7 Å². The Balaban J connectivity index is 2.23. The van der Waals surface area contributed by atoms with Crippen molar-refractivity contribution in [3.63, 3.8) is 0 Å². The van der Waals surface area contributed by atoms with E-state index in [1.54, 1.807) is 0 Å². The maximum Gasteiger partial charge on any atom is 0.0635 e. The molecular weight excluding hydrogens is 244 g/mol. The van der Waals surface area contributed by atoms with Gasteiger partial charge in [0.1, 0.15) is 0 Å². The molecule has 2 rings (SSSR count). The lowest BCUT2D eigenvalue weighted by Gasteiger charge is -2.23. The Morgan fingerprint density at radius 2 is 2.29 bits per heavy atom. The molecule has 0 unspecified atom stereocenters. The van der Waals surface area contributed by atoms with Gasteiger partial charge in [0.05, 0.1) is 16.4 Å². The van der Waals surface area contributed by atoms with Crippen molar-refractivity contribution in [1.29, 1.82) is 0 Å². The molecule has 0 radical (unpaired) electrons. The lowest BCUT2D eigenvalue weighted by molar-refractivity contribution is 0.0834. The summed E-state index contributed by atoms with van der Waals surface area (Å²) in [5.41, 5.74) is 1.34. The van der Waals surface area contributed by atoms with Gasteiger partial charge in [-0.1, -0.05) is 0 Å². The number of halogens is 1. The number of nitrogens with zero attached hydrogens (tertiary/aromatic N) is 2. The molecule has 14 heavy (non-hydrogen) atoms. The van der Waals surface area contributed by atoms with Crippen molar-refractivity contribution < 1.29 is 4.74 Å². The summed E-state index contributed by atoms with van der Waals surface area (Å²) in [4.78, 5) is 0. The molecule has 0 N–H and O–H groups in total. The van der Waals surface area contributed by atoms with Gasteiger partial charge in [0.2, 0.25) is 0 Å². The molecule has 1 aromatic rings. The zero-order chi connectivity index (χ0) is 9.97. The van der Waals surface area contributed by atoms with E-state index in [1.165, 1.54) is 5.69 Å². The third-order valence-corrected chi connectivity index (χ3v) is 3.35. The molecule has 0 spiro atoms. The van der Waals surface area contributed by atoms with E-state index in [1.807, 2.05) is 6.20 Å². The van der Waals surface area contributed by atoms with Crippen LogP contribution in [0.5, 0.6) is 0 Å². The Labute approximate surface area is 92.6 Å². The van der Waals surface area contributed by atoms with Crippen LogP contribution >= 0.6 is 15.9 Å². The fourth-order valence-electron chi connectivity index (χ4n) is 2.00. The molecule has 3 nitrogen and oxygen atoms in total. The van der Waals surface area contributed by atoms with Gasteiger partial charge in [0.15, 0.2) is 0 Å². The van der Waals surface area contributed by atoms with Crippen molar-refractivity contribution in [2.45, 2.75) is 32.2 Å². The predicted octanol–water partition coefficient (Wildman–Crippen LogP) is 2.56. The lowest BCUT2D eigenvalue weighted by atomic mass is 9.96. The van der Waals surface area contributed by atoms with Crippen LogP contribution in [0.25, 0.3) is 0 Å². The van der Waals surface area contributed by atoms with Crippen LogP contribution in [0.1, 0.15) is 31.4 Å². The number of hydrogen-bond acceptors (Lipinski definition) is 2. The van der Waals surface area contributed by atoms with Crippen LogP contribution in [0, 0.1) is 0 Å². The quantitative estimate of drug-likeness (QED) is 0.816. The highest BCUT2D eigenvalue weighted by molar-refractivity contribution is 9.10. The summed E-state index contributed by atoms with van der Waals surface area (Å²) in [7, 11) is 0. The van der Waals surface area contributed by atoms with E-state index in [0.717, 1.165) is 37.1 Å². The summed E-state index contributed by atoms with van der Waals surface area (Å²) in [6.07, 6.45) is 4.13. The Kier molecular flexibility index (Phi) is 3.23. The molecule has 1 aliphatic heterocycles. The summed E-state index contributed by atoms with van der Waals surface area (Å²) < 4.78 is 8.59. The Hall–Kier alpha value is -0.350. The minimum atomic E-state index is 0.612. The van der Waals surface area contributed by atoms with E-state index in [9.17, 15) is 0 Å². The first-order valence-corrected chi connectivity index (χ1v) is 5.91. The summed E-state index contributed by atoms with van der Waals surface area (Å²) in [5, 5.41) is 4.34. The first kappa shape index (κ1) is 10.2. The minimum absolute atomic E-state index is 0.612. The van der Waals surface area contributed by atoms with Crippen molar-refractivity contribution in [3.05, 3.63) is 16.4 Å². The average molecular weight is 259 g/mol. The average Bonchev–Trinajstić information content (AvgIpc) is 2.61. The van der Waals surface area contributed by atoms with Gasteiger partial charge in [0.25, 0.3) is 0 Å². The van der Waals surface area contributed by atoms with Crippen LogP contribution < -0.4 is 0 Å². The number of aryl methyl sites for hydroxylation is 1. The van der Waals surface area contributed by atoms with E-state index in [-0.39, 0.29) is 0 Å². The topological polar surface area (TPSA) is 27.1 Å². The fourth-order valence-corrected chi connectivity index (χ4v) is 2.62. The van der Waals surface area contributed by atoms with E-state index in [0.29, 0.717) is 5.92 Å². The number of hydrogen-bond donors (Lipinski definition) is 0. The maximum atomic E-state index is 5.37. The van der Waals surface area contributed by atoms with Gasteiger partial charge in [-0.25, -0.2) is 0 Å². The van der Waals surface area contributed by atoms with Crippen molar-refractivity contribution in [1.82, 2.24) is 9.78 Å². The highest BCUT2D eigenvalue weighted by Crippen LogP contribution is 2.31. The standard InChI is InChI=1S/C10H15BrN2O/c1-2-13-10(9(11)7-12-13)8-3-5-14-6-4-8/h7-8H,2-6H2,1H3. The number of ether oxygens (including phenoxy) is 1. The van der Waals surface area contributed by atoms with Gasteiger partial charge in [-0.3, -0.25) is 4.68 Å². The van der Waals surface area contributed by atoms with Gasteiger partial charge < -0.3 is 4.74 Å². The summed E-state index contributed by atoms with van der Waals surface area (Å²) in [6, 6.07) is 0. The Morgan fingerprint density at radius 3 is 2.93 bits per heavy atom. The van der Waals surface area contributed by atoms with Crippen LogP contribution in [0.4, 0.5) is 0 Å². The molecule has 1 aromatic heterocycles. The Morgan fingerprint density at radius 1 is 1.57 bits per heavy atom. The van der Waals surface area contributed by atoms with Crippen molar-refractivity contribution in [2.75, 3.05) is 13.2 Å². The molecule has 0 amide bonds. The predicted molar refractivity (Wildman–Crippen MR) is 58.4 cm³/mol. The minimum Gasteiger partial charge on any atom is -0.381 e. The largest absolute Gasteiger partial charge is 0.381 e. The molecule has 0 aromatic carbocycles. The molecule has 78 valence electrons. The Bertz CT molecular complexity index is 305. The van der Waals surface area contributed by atoms with Gasteiger partial charge in [-0.05, 0) is 35.7 Å². The summed E-state index contributed by atoms with van der Waals surface area (Å²) in [6.45, 7) is 4.83. The van der Waals surface area contributed by atoms with Crippen LogP contribution in [-0.2, 0) is 11.3 Å². The zero-order valence-electron chi connectivity index (χ0n) is 8.37. The van der Waals surface area contributed by atoms with Gasteiger partial charge in [0, 0.05) is 25.7 Å². The molecular formula is C10H15BrN2O. The van der Waals surface area contributed by atoms with Crippen molar-refractivity contribution >= 4 is 15.9 Å². The molecule has 1 saturated heterocycles. The molecule has 0 saturated carbocycles. The number of rotatable bonds is 2. The summed E-state index contributed by atoms with van der Waals surface area (Å²) >= 11 is 3.57. The van der Waals surface area contributed by atoms with Crippen LogP contribution in [0.3, 0.4) is 0 Å². The van der Waals surface area contributed by atoms with E-state index in [2.05, 4.69) is 32.6 Å².